The molecule has 1 N–H and O–H groups in total. The van der Waals surface area contributed by atoms with Crippen LogP contribution in [0.1, 0.15) is 31.7 Å². The van der Waals surface area contributed by atoms with Gasteiger partial charge in [0.25, 0.3) is 0 Å². The van der Waals surface area contributed by atoms with Crippen LogP contribution in [0.3, 0.4) is 0 Å². The average Bonchev–Trinajstić information content (AvgIpc) is 3.13. The number of fused-ring (bicyclic) bond motifs is 3. The van der Waals surface area contributed by atoms with Crippen LogP contribution < -0.4 is 4.90 Å². The summed E-state index contributed by atoms with van der Waals surface area (Å²) in [5.74, 6) is 0.121. The van der Waals surface area contributed by atoms with E-state index in [9.17, 15) is 14.7 Å². The van der Waals surface area contributed by atoms with Crippen molar-refractivity contribution in [3.05, 3.63) is 28.2 Å². The molecule has 2 unspecified atom stereocenters. The van der Waals surface area contributed by atoms with Gasteiger partial charge in [-0.15, -0.1) is 0 Å². The molecule has 6 rings (SSSR count). The lowest BCUT2D eigenvalue weighted by molar-refractivity contribution is -0.191. The average molecular weight is 463 g/mol. The van der Waals surface area contributed by atoms with E-state index in [4.69, 9.17) is 4.74 Å². The maximum Gasteiger partial charge on any atom is 0.316 e. The van der Waals surface area contributed by atoms with Crippen LogP contribution in [0.5, 0.6) is 0 Å². The predicted octanol–water partition coefficient (Wildman–Crippen LogP) is 2.32. The molecule has 5 heterocycles. The Kier molecular flexibility index (Phi) is 4.23. The van der Waals surface area contributed by atoms with Gasteiger partial charge in [0.2, 0.25) is 5.91 Å². The number of carbonyl (C=O) groups is 2. The van der Waals surface area contributed by atoms with Gasteiger partial charge in [-0.3, -0.25) is 14.5 Å². The van der Waals surface area contributed by atoms with Crippen molar-refractivity contribution in [1.82, 2.24) is 4.90 Å². The number of anilines is 1. The van der Waals surface area contributed by atoms with Gasteiger partial charge in [0, 0.05) is 35.8 Å². The second kappa shape index (κ2) is 6.28. The van der Waals surface area contributed by atoms with Crippen LogP contribution in [0.2, 0.25) is 0 Å². The fourth-order valence-corrected chi connectivity index (χ4v) is 7.58. The van der Waals surface area contributed by atoms with Crippen LogP contribution >= 0.6 is 15.9 Å². The number of rotatable bonds is 3. The first-order chi connectivity index (χ1) is 13.9. The number of halogens is 1. The van der Waals surface area contributed by atoms with Crippen LogP contribution in [-0.2, 0) is 19.7 Å². The molecule has 5 aliphatic heterocycles. The molecule has 4 saturated heterocycles. The van der Waals surface area contributed by atoms with Crippen molar-refractivity contribution in [2.24, 2.45) is 17.3 Å². The van der Waals surface area contributed by atoms with Crippen molar-refractivity contribution < 1.29 is 19.4 Å². The van der Waals surface area contributed by atoms with Crippen molar-refractivity contribution in [2.75, 3.05) is 32.2 Å². The fraction of sp³-hybridized carbons (Fsp3) is 0.636. The van der Waals surface area contributed by atoms with Gasteiger partial charge in [-0.05, 0) is 48.4 Å². The fourth-order valence-electron chi connectivity index (χ4n) is 7.22. The number of benzene rings is 1. The van der Waals surface area contributed by atoms with Gasteiger partial charge in [0.1, 0.15) is 5.41 Å². The van der Waals surface area contributed by atoms with E-state index in [2.05, 4.69) is 33.8 Å². The number of likely N-dealkylation sites (N-methyl/N-ethyl adjacent to an activating group) is 1. The molecular formula is C22H27BrN2O4. The molecule has 6 nitrogen and oxygen atoms in total. The lowest BCUT2D eigenvalue weighted by Gasteiger charge is -2.59. The third-order valence-corrected chi connectivity index (χ3v) is 8.96. The minimum atomic E-state index is -0.957. The number of aliphatic hydroxyl groups is 1. The molecule has 29 heavy (non-hydrogen) atoms. The normalized spacial score (nSPS) is 41.9. The van der Waals surface area contributed by atoms with E-state index in [1.165, 1.54) is 7.11 Å². The van der Waals surface area contributed by atoms with E-state index in [-0.39, 0.29) is 36.5 Å². The summed E-state index contributed by atoms with van der Waals surface area (Å²) in [5.41, 5.74) is 0.369. The number of methoxy groups -OCH3 is 1. The topological polar surface area (TPSA) is 70.1 Å². The predicted molar refractivity (Wildman–Crippen MR) is 112 cm³/mol. The lowest BCUT2D eigenvalue weighted by Crippen LogP contribution is -2.69. The summed E-state index contributed by atoms with van der Waals surface area (Å²) in [5, 5.41) is 10.6. The number of piperidine rings is 3. The zero-order chi connectivity index (χ0) is 20.7. The van der Waals surface area contributed by atoms with Gasteiger partial charge < -0.3 is 14.7 Å². The molecule has 1 amide bonds. The summed E-state index contributed by atoms with van der Waals surface area (Å²) < 4.78 is 6.19. The van der Waals surface area contributed by atoms with E-state index in [1.54, 1.807) is 4.90 Å². The van der Waals surface area contributed by atoms with E-state index in [1.807, 2.05) is 19.2 Å². The van der Waals surface area contributed by atoms with E-state index in [0.29, 0.717) is 12.3 Å². The number of carbonyl (C=O) groups excluding carboxylic acids is 2. The highest BCUT2D eigenvalue weighted by atomic mass is 79.9. The Labute approximate surface area is 179 Å². The van der Waals surface area contributed by atoms with Crippen LogP contribution in [0.4, 0.5) is 5.69 Å². The highest BCUT2D eigenvalue weighted by Crippen LogP contribution is 2.65. The summed E-state index contributed by atoms with van der Waals surface area (Å²) in [6.45, 7) is 2.78. The first kappa shape index (κ1) is 19.5. The first-order valence-electron chi connectivity index (χ1n) is 10.4. The summed E-state index contributed by atoms with van der Waals surface area (Å²) in [7, 11) is 3.25. The van der Waals surface area contributed by atoms with E-state index >= 15 is 0 Å². The van der Waals surface area contributed by atoms with Crippen molar-refractivity contribution in [1.29, 1.82) is 0 Å². The van der Waals surface area contributed by atoms with Crippen LogP contribution in [-0.4, -0.2) is 61.3 Å². The molecule has 5 aliphatic rings. The van der Waals surface area contributed by atoms with Gasteiger partial charge in [0.15, 0.2) is 0 Å². The van der Waals surface area contributed by atoms with Crippen LogP contribution in [0.25, 0.3) is 0 Å². The number of aliphatic hydroxyl groups excluding tert-OH is 1. The van der Waals surface area contributed by atoms with Gasteiger partial charge in [-0.1, -0.05) is 29.3 Å². The molecule has 156 valence electrons. The van der Waals surface area contributed by atoms with E-state index < -0.39 is 10.8 Å². The maximum absolute atomic E-state index is 13.7. The Morgan fingerprint density at radius 2 is 2.14 bits per heavy atom. The number of hydrogen-bond donors (Lipinski definition) is 1. The van der Waals surface area contributed by atoms with E-state index in [0.717, 1.165) is 35.1 Å². The molecule has 7 heteroatoms. The zero-order valence-corrected chi connectivity index (χ0v) is 18.6. The largest absolute Gasteiger partial charge is 0.468 e. The maximum atomic E-state index is 13.7. The molecule has 0 aliphatic carbocycles. The van der Waals surface area contributed by atoms with Crippen molar-refractivity contribution in [2.45, 2.75) is 43.7 Å². The third kappa shape index (κ3) is 2.09. The Morgan fingerprint density at radius 3 is 2.79 bits per heavy atom. The lowest BCUT2D eigenvalue weighted by atomic mass is 9.57. The Bertz CT molecular complexity index is 907. The Hall–Kier alpha value is -1.44. The second-order valence-corrected chi connectivity index (χ2v) is 10.0. The molecule has 1 aromatic carbocycles. The monoisotopic (exact) mass is 462 g/mol. The molecule has 1 spiro atoms. The zero-order valence-electron chi connectivity index (χ0n) is 17.0. The molecule has 0 saturated carbocycles. The smallest absolute Gasteiger partial charge is 0.316 e. The van der Waals surface area contributed by atoms with Crippen molar-refractivity contribution >= 4 is 33.5 Å². The minimum Gasteiger partial charge on any atom is -0.468 e. The molecule has 4 bridgehead atoms. The molecular weight excluding hydrogens is 436 g/mol. The number of nitrogens with zero attached hydrogens (tertiary/aromatic N) is 2. The number of amides is 1. The second-order valence-electron chi connectivity index (χ2n) is 9.13. The van der Waals surface area contributed by atoms with Crippen molar-refractivity contribution in [3.8, 4) is 0 Å². The SMILES string of the molecule is CCC1CN2[C@H]3C[C@@]4(C(=O)N(C)c5ccc(Br)cc54)[C@@H]2C[C@@H]1[C@@]3(CO)C(=O)OC. The highest BCUT2D eigenvalue weighted by molar-refractivity contribution is 9.10. The van der Waals surface area contributed by atoms with Crippen LogP contribution in [0, 0.1) is 17.3 Å². The number of hydrogen-bond acceptors (Lipinski definition) is 5. The summed E-state index contributed by atoms with van der Waals surface area (Å²) in [6, 6.07) is 5.90. The van der Waals surface area contributed by atoms with Crippen LogP contribution in [0.15, 0.2) is 22.7 Å². The van der Waals surface area contributed by atoms with Gasteiger partial charge in [-0.25, -0.2) is 0 Å². The molecule has 0 aromatic heterocycles. The quantitative estimate of drug-likeness (QED) is 0.697. The molecule has 0 radical (unpaired) electrons. The van der Waals surface area contributed by atoms with Gasteiger partial charge in [-0.2, -0.15) is 0 Å². The van der Waals surface area contributed by atoms with Crippen molar-refractivity contribution in [3.63, 3.8) is 0 Å². The molecule has 1 aromatic rings. The minimum absolute atomic E-state index is 0.0265. The Balaban J connectivity index is 1.71. The third-order valence-electron chi connectivity index (χ3n) is 8.47. The summed E-state index contributed by atoms with van der Waals surface area (Å²) in [4.78, 5) is 30.9. The van der Waals surface area contributed by atoms with Gasteiger partial charge in [0.05, 0.1) is 19.1 Å². The molecule has 4 fully saturated rings. The number of ether oxygens (including phenoxy) is 1. The highest BCUT2D eigenvalue weighted by Gasteiger charge is 2.75. The number of esters is 1. The van der Waals surface area contributed by atoms with Gasteiger partial charge >= 0.3 is 5.97 Å². The molecule has 7 atom stereocenters. The summed E-state index contributed by atoms with van der Waals surface area (Å²) in [6.07, 6.45) is 2.23. The summed E-state index contributed by atoms with van der Waals surface area (Å²) >= 11 is 3.58. The Morgan fingerprint density at radius 1 is 1.38 bits per heavy atom. The first-order valence-corrected chi connectivity index (χ1v) is 11.2. The standard InChI is InChI=1S/C22H27BrN2O4/c1-4-12-10-25-17-8-14(12)22(11-26,20(28)29-3)18(25)9-21(17)15-7-13(23)5-6-16(15)24(2)19(21)27/h5-7,12,14,17-18,26H,4,8-11H2,1-3H3/t12?,14-,17-,18-,21-,22+/m0/s1.